The molecule has 7 nitrogen and oxygen atoms in total. The van der Waals surface area contributed by atoms with Gasteiger partial charge in [0, 0.05) is 19.0 Å². The molecule has 5 rings (SSSR count). The second-order valence-corrected chi connectivity index (χ2v) is 9.06. The third-order valence-corrected chi connectivity index (χ3v) is 7.22. The molecule has 0 unspecified atom stereocenters. The molecule has 1 saturated carbocycles. The van der Waals surface area contributed by atoms with Crippen molar-refractivity contribution in [3.8, 4) is 11.1 Å². The highest BCUT2D eigenvalue weighted by Gasteiger charge is 2.62. The number of hydrogen-bond donors (Lipinski definition) is 1. The molecule has 2 aliphatic carbocycles. The van der Waals surface area contributed by atoms with Crippen molar-refractivity contribution in [2.45, 2.75) is 24.3 Å². The summed E-state index contributed by atoms with van der Waals surface area (Å²) in [5.74, 6) is -0.371. The molecule has 7 heteroatoms. The van der Waals surface area contributed by atoms with Crippen LogP contribution in [0.5, 0.6) is 0 Å². The summed E-state index contributed by atoms with van der Waals surface area (Å²) in [5, 5.41) is 2.85. The third kappa shape index (κ3) is 4.23. The summed E-state index contributed by atoms with van der Waals surface area (Å²) in [5.41, 5.74) is 3.69. The molecule has 33 heavy (non-hydrogen) atoms. The Bertz CT molecular complexity index is 989. The van der Waals surface area contributed by atoms with Gasteiger partial charge in [-0.3, -0.25) is 4.90 Å². The molecular weight excluding hydrogens is 420 g/mol. The summed E-state index contributed by atoms with van der Waals surface area (Å²) in [6, 6.07) is 16.4. The number of amides is 1. The fourth-order valence-electron chi connectivity index (χ4n) is 5.29. The van der Waals surface area contributed by atoms with E-state index in [1.54, 1.807) is 0 Å². The number of hydrogen-bond acceptors (Lipinski definition) is 6. The number of nitrogens with one attached hydrogen (secondary N) is 1. The van der Waals surface area contributed by atoms with Gasteiger partial charge in [-0.1, -0.05) is 48.5 Å². The lowest BCUT2D eigenvalue weighted by Crippen LogP contribution is -2.46. The van der Waals surface area contributed by atoms with Gasteiger partial charge in [0.15, 0.2) is 0 Å². The van der Waals surface area contributed by atoms with Gasteiger partial charge >= 0.3 is 12.1 Å². The van der Waals surface area contributed by atoms with Gasteiger partial charge in [0.25, 0.3) is 0 Å². The molecule has 2 atom stereocenters. The number of morpholine rings is 1. The summed E-state index contributed by atoms with van der Waals surface area (Å²) in [7, 11) is 1.36. The summed E-state index contributed by atoms with van der Waals surface area (Å²) < 4.78 is 16.1. The molecular formula is C26H30N2O5. The molecule has 1 amide bonds. The number of carbonyl (C=O) groups is 2. The summed E-state index contributed by atoms with van der Waals surface area (Å²) >= 11 is 0. The molecule has 1 N–H and O–H groups in total. The molecule has 0 radical (unpaired) electrons. The number of ether oxygens (including phenoxy) is 3. The van der Waals surface area contributed by atoms with Crippen molar-refractivity contribution in [2.75, 3.05) is 46.6 Å². The van der Waals surface area contributed by atoms with Crippen molar-refractivity contribution < 1.29 is 23.8 Å². The highest BCUT2D eigenvalue weighted by atomic mass is 16.6. The van der Waals surface area contributed by atoms with Crippen LogP contribution in [0.2, 0.25) is 0 Å². The Kier molecular flexibility index (Phi) is 6.08. The molecule has 1 aliphatic heterocycles. The zero-order valence-corrected chi connectivity index (χ0v) is 18.9. The number of rotatable bonds is 7. The highest BCUT2D eigenvalue weighted by Crippen LogP contribution is 2.47. The van der Waals surface area contributed by atoms with Crippen molar-refractivity contribution >= 4 is 12.1 Å². The maximum atomic E-state index is 12.8. The molecule has 0 aromatic heterocycles. The Labute approximate surface area is 194 Å². The standard InChI is InChI=1S/C26H30N2O5/c1-31-24(29)26(16-18(26)10-11-28-12-14-32-15-13-28)27-25(30)33-17-23-21-8-4-2-6-19(21)20-7-3-5-9-22(20)23/h2-9,18,23H,10-17H2,1H3,(H,27,30)/t18-,26-/m1/s1. The van der Waals surface area contributed by atoms with Crippen LogP contribution in [0.4, 0.5) is 4.79 Å². The molecule has 0 bridgehead atoms. The van der Waals surface area contributed by atoms with Gasteiger partial charge in [-0.2, -0.15) is 0 Å². The third-order valence-electron chi connectivity index (χ3n) is 7.22. The lowest BCUT2D eigenvalue weighted by molar-refractivity contribution is -0.144. The highest BCUT2D eigenvalue weighted by molar-refractivity contribution is 5.89. The minimum atomic E-state index is -0.983. The van der Waals surface area contributed by atoms with E-state index in [4.69, 9.17) is 14.2 Å². The van der Waals surface area contributed by atoms with Crippen molar-refractivity contribution in [2.24, 2.45) is 5.92 Å². The second-order valence-electron chi connectivity index (χ2n) is 9.06. The fraction of sp³-hybridized carbons (Fsp3) is 0.462. The summed E-state index contributed by atoms with van der Waals surface area (Å²) in [4.78, 5) is 27.7. The van der Waals surface area contributed by atoms with Crippen LogP contribution < -0.4 is 5.32 Å². The van der Waals surface area contributed by atoms with Crippen LogP contribution >= 0.6 is 0 Å². The van der Waals surface area contributed by atoms with E-state index in [0.29, 0.717) is 6.42 Å². The Morgan fingerprint density at radius 3 is 2.33 bits per heavy atom. The van der Waals surface area contributed by atoms with Gasteiger partial charge in [0.05, 0.1) is 20.3 Å². The van der Waals surface area contributed by atoms with Crippen LogP contribution in [-0.4, -0.2) is 69.1 Å². The average Bonchev–Trinajstić information content (AvgIpc) is 3.47. The topological polar surface area (TPSA) is 77.1 Å². The van der Waals surface area contributed by atoms with E-state index in [0.717, 1.165) is 50.4 Å². The minimum absolute atomic E-state index is 0.0199. The molecule has 0 spiro atoms. The van der Waals surface area contributed by atoms with Crippen LogP contribution in [0.25, 0.3) is 11.1 Å². The van der Waals surface area contributed by atoms with Gasteiger partial charge < -0.3 is 19.5 Å². The Balaban J connectivity index is 1.21. The predicted octanol–water partition coefficient (Wildman–Crippen LogP) is 3.18. The van der Waals surface area contributed by atoms with Crippen LogP contribution in [0.1, 0.15) is 29.9 Å². The fourth-order valence-corrected chi connectivity index (χ4v) is 5.29. The lowest BCUT2D eigenvalue weighted by atomic mass is 9.98. The van der Waals surface area contributed by atoms with Crippen LogP contribution in [0, 0.1) is 5.92 Å². The summed E-state index contributed by atoms with van der Waals surface area (Å²) in [6.07, 6.45) is 0.823. The molecule has 2 fully saturated rings. The van der Waals surface area contributed by atoms with Gasteiger partial charge in [0.1, 0.15) is 12.1 Å². The second kappa shape index (κ2) is 9.15. The van der Waals surface area contributed by atoms with E-state index >= 15 is 0 Å². The van der Waals surface area contributed by atoms with E-state index in [2.05, 4.69) is 34.5 Å². The first-order chi connectivity index (χ1) is 16.1. The number of alkyl carbamates (subject to hydrolysis) is 1. The molecule has 2 aromatic carbocycles. The van der Waals surface area contributed by atoms with Crippen molar-refractivity contribution in [1.29, 1.82) is 0 Å². The summed E-state index contributed by atoms with van der Waals surface area (Å²) in [6.45, 7) is 4.37. The zero-order chi connectivity index (χ0) is 22.8. The van der Waals surface area contributed by atoms with Crippen molar-refractivity contribution in [3.63, 3.8) is 0 Å². The normalized spacial score (nSPS) is 24.0. The number of nitrogens with zero attached hydrogens (tertiary/aromatic N) is 1. The molecule has 2 aromatic rings. The largest absolute Gasteiger partial charge is 0.467 e. The Morgan fingerprint density at radius 1 is 1.06 bits per heavy atom. The molecule has 3 aliphatic rings. The average molecular weight is 451 g/mol. The lowest BCUT2D eigenvalue weighted by Gasteiger charge is -2.27. The first-order valence-electron chi connectivity index (χ1n) is 11.6. The van der Waals surface area contributed by atoms with E-state index in [-0.39, 0.29) is 18.4 Å². The minimum Gasteiger partial charge on any atom is -0.467 e. The van der Waals surface area contributed by atoms with Crippen LogP contribution in [0.15, 0.2) is 48.5 Å². The van der Waals surface area contributed by atoms with Crippen molar-refractivity contribution in [1.82, 2.24) is 10.2 Å². The first-order valence-corrected chi connectivity index (χ1v) is 11.6. The number of fused-ring (bicyclic) bond motifs is 3. The van der Waals surface area contributed by atoms with Gasteiger partial charge in [-0.15, -0.1) is 0 Å². The Hall–Kier alpha value is -2.90. The van der Waals surface area contributed by atoms with Gasteiger partial charge in [-0.05, 0) is 47.6 Å². The molecule has 174 valence electrons. The van der Waals surface area contributed by atoms with E-state index in [1.165, 1.54) is 18.2 Å². The van der Waals surface area contributed by atoms with Gasteiger partial charge in [-0.25, -0.2) is 9.59 Å². The zero-order valence-electron chi connectivity index (χ0n) is 18.9. The number of methoxy groups -OCH3 is 1. The van der Waals surface area contributed by atoms with Crippen molar-refractivity contribution in [3.05, 3.63) is 59.7 Å². The quantitative estimate of drug-likeness (QED) is 0.653. The van der Waals surface area contributed by atoms with Gasteiger partial charge in [0.2, 0.25) is 0 Å². The maximum Gasteiger partial charge on any atom is 0.408 e. The smallest absolute Gasteiger partial charge is 0.408 e. The van der Waals surface area contributed by atoms with E-state index in [1.807, 2.05) is 24.3 Å². The van der Waals surface area contributed by atoms with E-state index in [9.17, 15) is 9.59 Å². The molecule has 1 saturated heterocycles. The monoisotopic (exact) mass is 450 g/mol. The number of benzene rings is 2. The number of esters is 1. The van der Waals surface area contributed by atoms with Crippen LogP contribution in [-0.2, 0) is 19.0 Å². The van der Waals surface area contributed by atoms with Crippen LogP contribution in [0.3, 0.4) is 0 Å². The predicted molar refractivity (Wildman–Crippen MR) is 123 cm³/mol. The maximum absolute atomic E-state index is 12.8. The first kappa shape index (κ1) is 21.9. The van der Waals surface area contributed by atoms with E-state index < -0.39 is 17.6 Å². The number of carbonyl (C=O) groups excluding carboxylic acids is 2. The SMILES string of the molecule is COC(=O)[C@@]1(NC(=O)OCC2c3ccccc3-c3ccccc32)C[C@H]1CCN1CCOCC1. The Morgan fingerprint density at radius 2 is 1.70 bits per heavy atom. The molecule has 1 heterocycles.